The quantitative estimate of drug-likeness (QED) is 0.759. The topological polar surface area (TPSA) is 19.4 Å². The minimum absolute atomic E-state index is 0.0498. The van der Waals surface area contributed by atoms with E-state index < -0.39 is 11.7 Å². The van der Waals surface area contributed by atoms with Crippen LogP contribution in [0.25, 0.3) is 0 Å². The molecule has 0 aliphatic carbocycles. The Kier molecular flexibility index (Phi) is 5.14. The maximum Gasteiger partial charge on any atom is 0.417 e. The van der Waals surface area contributed by atoms with Crippen molar-refractivity contribution in [3.8, 4) is 0 Å². The number of hydrogen-bond donors (Lipinski definition) is 0. The zero-order valence-corrected chi connectivity index (χ0v) is 13.0. The van der Waals surface area contributed by atoms with Crippen LogP contribution in [-0.4, -0.2) is 47.9 Å². The first-order chi connectivity index (χ1) is 9.41. The molecular formula is C12H14BrClF3N3. The van der Waals surface area contributed by atoms with Crippen LogP contribution in [0.15, 0.2) is 12.3 Å². The average Bonchev–Trinajstić information content (AvgIpc) is 2.39. The lowest BCUT2D eigenvalue weighted by atomic mass is 10.2. The molecule has 1 aromatic rings. The number of aromatic nitrogens is 1. The second kappa shape index (κ2) is 6.49. The molecule has 0 N–H and O–H groups in total. The molecule has 1 aliphatic rings. The van der Waals surface area contributed by atoms with Gasteiger partial charge in [-0.25, -0.2) is 4.98 Å². The smallest absolute Gasteiger partial charge is 0.353 e. The fraction of sp³-hybridized carbons (Fsp3) is 0.583. The van der Waals surface area contributed by atoms with Gasteiger partial charge in [0.25, 0.3) is 0 Å². The summed E-state index contributed by atoms with van der Waals surface area (Å²) in [6.45, 7) is 4.09. The summed E-state index contributed by atoms with van der Waals surface area (Å²) in [5.41, 5.74) is -0.816. The summed E-state index contributed by atoms with van der Waals surface area (Å²) in [4.78, 5) is 8.09. The van der Waals surface area contributed by atoms with E-state index in [0.717, 1.165) is 37.2 Å². The molecule has 0 atom stereocenters. The monoisotopic (exact) mass is 371 g/mol. The van der Waals surface area contributed by atoms with Crippen LogP contribution in [0.4, 0.5) is 19.0 Å². The van der Waals surface area contributed by atoms with E-state index in [9.17, 15) is 13.2 Å². The van der Waals surface area contributed by atoms with Crippen LogP contribution < -0.4 is 4.90 Å². The van der Waals surface area contributed by atoms with Crippen LogP contribution in [0.5, 0.6) is 0 Å². The highest BCUT2D eigenvalue weighted by Gasteiger charge is 2.32. The molecule has 0 unspecified atom stereocenters. The Morgan fingerprint density at radius 2 is 1.90 bits per heavy atom. The van der Waals surface area contributed by atoms with Gasteiger partial charge in [-0.15, -0.1) is 0 Å². The summed E-state index contributed by atoms with van der Waals surface area (Å²) in [5, 5.41) is 0.959. The fourth-order valence-electron chi connectivity index (χ4n) is 2.12. The highest BCUT2D eigenvalue weighted by atomic mass is 79.9. The number of halogens is 5. The van der Waals surface area contributed by atoms with Crippen LogP contribution >= 0.6 is 27.5 Å². The molecule has 1 aromatic heterocycles. The molecule has 0 bridgehead atoms. The first kappa shape index (κ1) is 15.9. The Bertz CT molecular complexity index is 462. The zero-order chi connectivity index (χ0) is 14.8. The molecule has 2 heterocycles. The molecule has 1 aliphatic heterocycles. The van der Waals surface area contributed by atoms with E-state index in [4.69, 9.17) is 11.6 Å². The Morgan fingerprint density at radius 3 is 2.40 bits per heavy atom. The van der Waals surface area contributed by atoms with Crippen molar-refractivity contribution >= 4 is 33.3 Å². The second-order valence-corrected chi connectivity index (χ2v) is 5.75. The van der Waals surface area contributed by atoms with Crippen molar-refractivity contribution in [2.75, 3.05) is 43.0 Å². The molecule has 0 saturated carbocycles. The van der Waals surface area contributed by atoms with E-state index in [2.05, 4.69) is 25.8 Å². The van der Waals surface area contributed by atoms with Crippen molar-refractivity contribution < 1.29 is 13.2 Å². The van der Waals surface area contributed by atoms with Crippen LogP contribution in [0.3, 0.4) is 0 Å². The van der Waals surface area contributed by atoms with Crippen molar-refractivity contribution in [2.45, 2.75) is 6.18 Å². The molecule has 0 aromatic carbocycles. The second-order valence-electron chi connectivity index (χ2n) is 4.54. The van der Waals surface area contributed by atoms with Crippen LogP contribution in [0.1, 0.15) is 5.56 Å². The molecule has 0 radical (unpaired) electrons. The number of piperazine rings is 1. The lowest BCUT2D eigenvalue weighted by Gasteiger charge is -2.35. The van der Waals surface area contributed by atoms with E-state index in [1.807, 2.05) is 4.90 Å². The number of hydrogen-bond acceptors (Lipinski definition) is 3. The lowest BCUT2D eigenvalue weighted by Crippen LogP contribution is -2.47. The van der Waals surface area contributed by atoms with Gasteiger partial charge in [0.05, 0.1) is 10.6 Å². The van der Waals surface area contributed by atoms with E-state index >= 15 is 0 Å². The molecule has 2 rings (SSSR count). The standard InChI is InChI=1S/C12H14BrClF3N3/c13-1-2-19-3-5-20(6-4-19)11-10(14)7-9(8-18-11)12(15,16)17/h7-8H,1-6H2. The van der Waals surface area contributed by atoms with Gasteiger partial charge in [-0.2, -0.15) is 13.2 Å². The number of nitrogens with zero attached hydrogens (tertiary/aromatic N) is 3. The third-order valence-electron chi connectivity index (χ3n) is 3.22. The zero-order valence-electron chi connectivity index (χ0n) is 10.6. The first-order valence-corrected chi connectivity index (χ1v) is 7.68. The summed E-state index contributed by atoms with van der Waals surface area (Å²) in [7, 11) is 0. The first-order valence-electron chi connectivity index (χ1n) is 6.18. The van der Waals surface area contributed by atoms with Gasteiger partial charge < -0.3 is 4.90 Å². The van der Waals surface area contributed by atoms with Crippen molar-refractivity contribution in [3.05, 3.63) is 22.8 Å². The van der Waals surface area contributed by atoms with Gasteiger partial charge in [-0.1, -0.05) is 27.5 Å². The van der Waals surface area contributed by atoms with Crippen molar-refractivity contribution in [1.29, 1.82) is 0 Å². The summed E-state index contributed by atoms with van der Waals surface area (Å²) >= 11 is 9.33. The van der Waals surface area contributed by atoms with Gasteiger partial charge in [0, 0.05) is 44.3 Å². The Labute approximate surface area is 128 Å². The van der Waals surface area contributed by atoms with Crippen molar-refractivity contribution in [2.24, 2.45) is 0 Å². The number of anilines is 1. The molecule has 20 heavy (non-hydrogen) atoms. The molecular weight excluding hydrogens is 359 g/mol. The highest BCUT2D eigenvalue weighted by Crippen LogP contribution is 2.33. The Balaban J connectivity index is 2.07. The van der Waals surface area contributed by atoms with E-state index in [1.54, 1.807) is 0 Å². The fourth-order valence-corrected chi connectivity index (χ4v) is 2.91. The van der Waals surface area contributed by atoms with E-state index in [1.165, 1.54) is 0 Å². The van der Waals surface area contributed by atoms with Crippen molar-refractivity contribution in [3.63, 3.8) is 0 Å². The largest absolute Gasteiger partial charge is 0.417 e. The number of rotatable bonds is 3. The van der Waals surface area contributed by atoms with Gasteiger partial charge in [0.15, 0.2) is 0 Å². The Morgan fingerprint density at radius 1 is 1.25 bits per heavy atom. The third-order valence-corrected chi connectivity index (χ3v) is 3.85. The van der Waals surface area contributed by atoms with Gasteiger partial charge in [0.2, 0.25) is 0 Å². The van der Waals surface area contributed by atoms with Crippen molar-refractivity contribution in [1.82, 2.24) is 9.88 Å². The molecule has 1 saturated heterocycles. The SMILES string of the molecule is FC(F)(F)c1cnc(N2CCN(CCBr)CC2)c(Cl)c1. The maximum atomic E-state index is 12.6. The minimum Gasteiger partial charge on any atom is -0.353 e. The van der Waals surface area contributed by atoms with Gasteiger partial charge in [-0.3, -0.25) is 4.90 Å². The summed E-state index contributed by atoms with van der Waals surface area (Å²) in [5.74, 6) is 0.429. The van der Waals surface area contributed by atoms with E-state index in [-0.39, 0.29) is 5.02 Å². The lowest BCUT2D eigenvalue weighted by molar-refractivity contribution is -0.137. The molecule has 8 heteroatoms. The molecule has 0 spiro atoms. The molecule has 0 amide bonds. The summed E-state index contributed by atoms with van der Waals surface area (Å²) < 4.78 is 37.7. The van der Waals surface area contributed by atoms with Crippen LogP contribution in [0, 0.1) is 0 Å². The van der Waals surface area contributed by atoms with Crippen LogP contribution in [-0.2, 0) is 6.18 Å². The third kappa shape index (κ3) is 3.77. The maximum absolute atomic E-state index is 12.6. The van der Waals surface area contributed by atoms with Gasteiger partial charge >= 0.3 is 6.18 Å². The molecule has 112 valence electrons. The highest BCUT2D eigenvalue weighted by molar-refractivity contribution is 9.09. The van der Waals surface area contributed by atoms with Crippen LogP contribution in [0.2, 0.25) is 5.02 Å². The predicted molar refractivity (Wildman–Crippen MR) is 76.7 cm³/mol. The Hall–Kier alpha value is -0.530. The predicted octanol–water partition coefficient (Wildman–Crippen LogP) is 3.27. The average molecular weight is 373 g/mol. The molecule has 3 nitrogen and oxygen atoms in total. The summed E-state index contributed by atoms with van der Waals surface area (Å²) in [6.07, 6.45) is -3.57. The number of pyridine rings is 1. The minimum atomic E-state index is -4.41. The normalized spacial score (nSPS) is 17.6. The molecule has 1 fully saturated rings. The number of alkyl halides is 4. The van der Waals surface area contributed by atoms with E-state index in [0.29, 0.717) is 18.9 Å². The van der Waals surface area contributed by atoms with Gasteiger partial charge in [-0.05, 0) is 6.07 Å². The van der Waals surface area contributed by atoms with Gasteiger partial charge in [0.1, 0.15) is 5.82 Å². The summed E-state index contributed by atoms with van der Waals surface area (Å²) in [6, 6.07) is 0.939.